The summed E-state index contributed by atoms with van der Waals surface area (Å²) in [6.07, 6.45) is 3.99. The summed E-state index contributed by atoms with van der Waals surface area (Å²) in [5.74, 6) is 0.790. The first kappa shape index (κ1) is 19.7. The first-order valence-electron chi connectivity index (χ1n) is 9.26. The van der Waals surface area contributed by atoms with Crippen molar-refractivity contribution < 1.29 is 19.0 Å². The highest BCUT2D eigenvalue weighted by Gasteiger charge is 2.20. The van der Waals surface area contributed by atoms with Gasteiger partial charge in [0.05, 0.1) is 39.1 Å². The lowest BCUT2D eigenvalue weighted by Crippen LogP contribution is -2.33. The first-order valence-corrected chi connectivity index (χ1v) is 9.26. The number of aromatic nitrogens is 2. The highest BCUT2D eigenvalue weighted by atomic mass is 16.5. The van der Waals surface area contributed by atoms with Gasteiger partial charge in [-0.3, -0.25) is 9.59 Å². The molecule has 0 bridgehead atoms. The smallest absolute Gasteiger partial charge is 0.267 e. The Morgan fingerprint density at radius 3 is 2.57 bits per heavy atom. The van der Waals surface area contributed by atoms with Crippen molar-refractivity contribution in [2.45, 2.75) is 32.2 Å². The average Bonchev–Trinajstić information content (AvgIpc) is 2.72. The Kier molecular flexibility index (Phi) is 6.18. The summed E-state index contributed by atoms with van der Waals surface area (Å²) in [4.78, 5) is 24.8. The van der Waals surface area contributed by atoms with Gasteiger partial charge in [-0.15, -0.1) is 0 Å². The number of methoxy groups -OCH3 is 3. The maximum atomic E-state index is 12.6. The van der Waals surface area contributed by atoms with Crippen LogP contribution in [-0.2, 0) is 19.4 Å². The molecule has 0 unspecified atom stereocenters. The fourth-order valence-corrected chi connectivity index (χ4v) is 3.41. The largest absolute Gasteiger partial charge is 0.493 e. The van der Waals surface area contributed by atoms with Crippen LogP contribution in [0.25, 0.3) is 0 Å². The maximum absolute atomic E-state index is 12.6. The van der Waals surface area contributed by atoms with Gasteiger partial charge < -0.3 is 19.5 Å². The number of nitrogens with one attached hydrogen (secondary N) is 1. The van der Waals surface area contributed by atoms with Crippen molar-refractivity contribution in [2.75, 3.05) is 27.9 Å². The van der Waals surface area contributed by atoms with Crippen LogP contribution in [0.2, 0.25) is 0 Å². The molecule has 1 amide bonds. The number of rotatable bonds is 7. The fraction of sp³-hybridized carbons (Fsp3) is 0.450. The molecule has 28 heavy (non-hydrogen) atoms. The lowest BCUT2D eigenvalue weighted by Gasteiger charge is -2.17. The Labute approximate surface area is 163 Å². The highest BCUT2D eigenvalue weighted by molar-refractivity contribution is 5.98. The second-order valence-electron chi connectivity index (χ2n) is 6.52. The lowest BCUT2D eigenvalue weighted by molar-refractivity contribution is 0.0948. The summed E-state index contributed by atoms with van der Waals surface area (Å²) in [5, 5.41) is 7.26. The molecule has 1 aliphatic carbocycles. The van der Waals surface area contributed by atoms with Crippen LogP contribution in [0.4, 0.5) is 0 Å². The van der Waals surface area contributed by atoms with E-state index in [0.29, 0.717) is 29.4 Å². The van der Waals surface area contributed by atoms with E-state index in [1.807, 2.05) is 0 Å². The summed E-state index contributed by atoms with van der Waals surface area (Å²) in [6, 6.07) is 4.92. The van der Waals surface area contributed by atoms with Crippen molar-refractivity contribution in [1.82, 2.24) is 15.1 Å². The maximum Gasteiger partial charge on any atom is 0.267 e. The zero-order chi connectivity index (χ0) is 20.1. The van der Waals surface area contributed by atoms with Crippen LogP contribution in [0.3, 0.4) is 0 Å². The van der Waals surface area contributed by atoms with Crippen molar-refractivity contribution in [1.29, 1.82) is 0 Å². The van der Waals surface area contributed by atoms with E-state index in [4.69, 9.17) is 14.2 Å². The van der Waals surface area contributed by atoms with Crippen LogP contribution in [-0.4, -0.2) is 43.6 Å². The minimum Gasteiger partial charge on any atom is -0.493 e. The molecule has 0 spiro atoms. The molecule has 0 fully saturated rings. The standard InChI is InChI=1S/C20H25N3O5/c1-26-16-9-8-14(18(27-2)19(16)28-3)20(25)21-10-11-23-17(24)12-13-6-4-5-7-15(13)22-23/h8-9,12H,4-7,10-11H2,1-3H3,(H,21,25). The Morgan fingerprint density at radius 1 is 1.11 bits per heavy atom. The van der Waals surface area contributed by atoms with Crippen molar-refractivity contribution in [3.05, 3.63) is 45.4 Å². The van der Waals surface area contributed by atoms with E-state index in [-0.39, 0.29) is 18.0 Å². The summed E-state index contributed by atoms with van der Waals surface area (Å²) < 4.78 is 17.3. The quantitative estimate of drug-likeness (QED) is 0.776. The zero-order valence-corrected chi connectivity index (χ0v) is 16.4. The molecule has 0 radical (unpaired) electrons. The van der Waals surface area contributed by atoms with Gasteiger partial charge in [-0.25, -0.2) is 4.68 Å². The third-order valence-electron chi connectivity index (χ3n) is 4.83. The lowest BCUT2D eigenvalue weighted by atomic mass is 9.97. The Bertz CT molecular complexity index is 923. The number of fused-ring (bicyclic) bond motifs is 1. The second kappa shape index (κ2) is 8.77. The molecule has 1 N–H and O–H groups in total. The van der Waals surface area contributed by atoms with Gasteiger partial charge in [-0.2, -0.15) is 5.10 Å². The Balaban J connectivity index is 1.71. The predicted octanol–water partition coefficient (Wildman–Crippen LogP) is 1.58. The normalized spacial score (nSPS) is 12.8. The van der Waals surface area contributed by atoms with Gasteiger partial charge in [0.25, 0.3) is 11.5 Å². The van der Waals surface area contributed by atoms with Crippen LogP contribution in [0.15, 0.2) is 23.0 Å². The number of hydrogen-bond donors (Lipinski definition) is 1. The minimum absolute atomic E-state index is 0.140. The third kappa shape index (κ3) is 3.95. The number of carbonyl (C=O) groups is 1. The van der Waals surface area contributed by atoms with E-state index in [9.17, 15) is 9.59 Å². The molecule has 0 aliphatic heterocycles. The van der Waals surface area contributed by atoms with Crippen LogP contribution >= 0.6 is 0 Å². The molecular weight excluding hydrogens is 362 g/mol. The molecule has 150 valence electrons. The van der Waals surface area contributed by atoms with Gasteiger partial charge in [-0.05, 0) is 43.4 Å². The highest BCUT2D eigenvalue weighted by Crippen LogP contribution is 2.39. The number of ether oxygens (including phenoxy) is 3. The molecular formula is C20H25N3O5. The molecule has 1 aromatic heterocycles. The SMILES string of the molecule is COc1ccc(C(=O)NCCn2nc3c(cc2=O)CCCC3)c(OC)c1OC. The van der Waals surface area contributed by atoms with Gasteiger partial charge in [0, 0.05) is 12.6 Å². The summed E-state index contributed by atoms with van der Waals surface area (Å²) >= 11 is 0. The molecule has 1 aromatic carbocycles. The molecule has 0 saturated heterocycles. The van der Waals surface area contributed by atoms with Gasteiger partial charge in [0.15, 0.2) is 11.5 Å². The van der Waals surface area contributed by atoms with Crippen molar-refractivity contribution in [3.63, 3.8) is 0 Å². The first-order chi connectivity index (χ1) is 13.6. The van der Waals surface area contributed by atoms with Crippen molar-refractivity contribution >= 4 is 5.91 Å². The molecule has 1 heterocycles. The summed E-state index contributed by atoms with van der Waals surface area (Å²) in [6.45, 7) is 0.565. The summed E-state index contributed by atoms with van der Waals surface area (Å²) in [7, 11) is 4.46. The van der Waals surface area contributed by atoms with E-state index < -0.39 is 0 Å². The zero-order valence-electron chi connectivity index (χ0n) is 16.4. The molecule has 1 aliphatic rings. The number of benzene rings is 1. The number of hydrogen-bond acceptors (Lipinski definition) is 6. The van der Waals surface area contributed by atoms with Crippen LogP contribution in [0.1, 0.15) is 34.5 Å². The fourth-order valence-electron chi connectivity index (χ4n) is 3.41. The third-order valence-corrected chi connectivity index (χ3v) is 4.83. The Morgan fingerprint density at radius 2 is 1.86 bits per heavy atom. The molecule has 3 rings (SSSR count). The average molecular weight is 387 g/mol. The Hall–Kier alpha value is -3.03. The summed E-state index contributed by atoms with van der Waals surface area (Å²) in [5.41, 5.74) is 2.22. The van der Waals surface area contributed by atoms with Gasteiger partial charge >= 0.3 is 0 Å². The van der Waals surface area contributed by atoms with Crippen molar-refractivity contribution in [2.24, 2.45) is 0 Å². The van der Waals surface area contributed by atoms with E-state index in [2.05, 4.69) is 10.4 Å². The molecule has 8 heteroatoms. The van der Waals surface area contributed by atoms with Crippen molar-refractivity contribution in [3.8, 4) is 17.2 Å². The molecule has 0 atom stereocenters. The van der Waals surface area contributed by atoms with E-state index in [1.54, 1.807) is 18.2 Å². The number of amides is 1. The molecule has 0 saturated carbocycles. The molecule has 8 nitrogen and oxygen atoms in total. The monoisotopic (exact) mass is 387 g/mol. The van der Waals surface area contributed by atoms with Gasteiger partial charge in [-0.1, -0.05) is 0 Å². The van der Waals surface area contributed by atoms with Crippen LogP contribution < -0.4 is 25.1 Å². The van der Waals surface area contributed by atoms with E-state index >= 15 is 0 Å². The minimum atomic E-state index is -0.330. The number of aryl methyl sites for hydroxylation is 2. The molecule has 2 aromatic rings. The van der Waals surface area contributed by atoms with E-state index in [1.165, 1.54) is 26.0 Å². The van der Waals surface area contributed by atoms with Crippen LogP contribution in [0.5, 0.6) is 17.2 Å². The van der Waals surface area contributed by atoms with E-state index in [0.717, 1.165) is 36.9 Å². The number of carbonyl (C=O) groups excluding carboxylic acids is 1. The predicted molar refractivity (Wildman–Crippen MR) is 104 cm³/mol. The van der Waals surface area contributed by atoms with Gasteiger partial charge in [0.2, 0.25) is 5.75 Å². The van der Waals surface area contributed by atoms with Crippen LogP contribution in [0, 0.1) is 0 Å². The second-order valence-corrected chi connectivity index (χ2v) is 6.52. The topological polar surface area (TPSA) is 91.7 Å². The number of nitrogens with zero attached hydrogens (tertiary/aromatic N) is 2. The van der Waals surface area contributed by atoms with Gasteiger partial charge in [0.1, 0.15) is 0 Å².